The van der Waals surface area contributed by atoms with Crippen LogP contribution in [0.5, 0.6) is 0 Å². The van der Waals surface area contributed by atoms with Gasteiger partial charge in [-0.05, 0) is 30.4 Å². The lowest BCUT2D eigenvalue weighted by Crippen LogP contribution is -2.38. The molecule has 1 aliphatic rings. The predicted molar refractivity (Wildman–Crippen MR) is 79.6 cm³/mol. The quantitative estimate of drug-likeness (QED) is 0.920. The Morgan fingerprint density at radius 1 is 1.25 bits per heavy atom. The van der Waals surface area contributed by atoms with Crippen molar-refractivity contribution in [2.75, 3.05) is 6.54 Å². The third-order valence-electron chi connectivity index (χ3n) is 3.95. The van der Waals surface area contributed by atoms with Crippen molar-refractivity contribution in [1.82, 2.24) is 5.32 Å². The van der Waals surface area contributed by atoms with Crippen LogP contribution < -0.4 is 5.32 Å². The monoisotopic (exact) mass is 273 g/mol. The van der Waals surface area contributed by atoms with Gasteiger partial charge in [-0.25, -0.2) is 0 Å². The van der Waals surface area contributed by atoms with E-state index in [1.54, 1.807) is 0 Å². The zero-order chi connectivity index (χ0) is 14.8. The van der Waals surface area contributed by atoms with Crippen molar-refractivity contribution >= 4 is 11.7 Å². The number of Topliss-reactive ketones (excluding diaryl/α,β-unsaturated/α-hetero) is 1. The number of rotatable bonds is 3. The molecule has 1 atom stereocenters. The fraction of sp³-hybridized carbons (Fsp3) is 0.529. The van der Waals surface area contributed by atoms with E-state index in [1.165, 1.54) is 5.56 Å². The van der Waals surface area contributed by atoms with Crippen molar-refractivity contribution in [3.8, 4) is 0 Å². The maximum absolute atomic E-state index is 12.3. The van der Waals surface area contributed by atoms with Crippen LogP contribution in [-0.2, 0) is 16.0 Å². The van der Waals surface area contributed by atoms with E-state index in [-0.39, 0.29) is 24.2 Å². The molecule has 0 aromatic heterocycles. The van der Waals surface area contributed by atoms with Gasteiger partial charge in [0.1, 0.15) is 0 Å². The van der Waals surface area contributed by atoms with Gasteiger partial charge < -0.3 is 5.32 Å². The molecule has 1 N–H and O–H groups in total. The molecule has 0 fully saturated rings. The minimum atomic E-state index is -0.405. The van der Waals surface area contributed by atoms with Gasteiger partial charge >= 0.3 is 0 Å². The van der Waals surface area contributed by atoms with E-state index in [0.29, 0.717) is 0 Å². The summed E-state index contributed by atoms with van der Waals surface area (Å²) in [6.07, 6.45) is 2.94. The lowest BCUT2D eigenvalue weighted by atomic mass is 9.82. The van der Waals surface area contributed by atoms with E-state index in [0.717, 1.165) is 24.8 Å². The first-order chi connectivity index (χ1) is 9.39. The smallest absolute Gasteiger partial charge is 0.227 e. The largest absolute Gasteiger partial charge is 0.348 e. The summed E-state index contributed by atoms with van der Waals surface area (Å²) >= 11 is 0. The minimum Gasteiger partial charge on any atom is -0.348 e. The van der Waals surface area contributed by atoms with Gasteiger partial charge in [0.15, 0.2) is 5.78 Å². The number of carbonyl (C=O) groups excluding carboxylic acids is 2. The molecule has 0 spiro atoms. The lowest BCUT2D eigenvalue weighted by molar-refractivity contribution is -0.129. The summed E-state index contributed by atoms with van der Waals surface area (Å²) in [6, 6.07) is 8.12. The number of amides is 1. The third-order valence-corrected chi connectivity index (χ3v) is 3.95. The molecule has 1 amide bonds. The Hall–Kier alpha value is -1.64. The van der Waals surface area contributed by atoms with Gasteiger partial charge in [0.25, 0.3) is 0 Å². The fourth-order valence-corrected chi connectivity index (χ4v) is 2.58. The molecule has 3 nitrogen and oxygen atoms in total. The third kappa shape index (κ3) is 3.27. The van der Waals surface area contributed by atoms with Crippen LogP contribution >= 0.6 is 0 Å². The fourth-order valence-electron chi connectivity index (χ4n) is 2.58. The summed E-state index contributed by atoms with van der Waals surface area (Å²) in [5.74, 6) is -0.0580. The van der Waals surface area contributed by atoms with Crippen LogP contribution in [0.3, 0.4) is 0 Å². The number of hydrogen-bond acceptors (Lipinski definition) is 2. The number of benzene rings is 1. The first kappa shape index (κ1) is 14.8. The summed E-state index contributed by atoms with van der Waals surface area (Å²) in [5.41, 5.74) is 1.98. The van der Waals surface area contributed by atoms with E-state index >= 15 is 0 Å². The van der Waals surface area contributed by atoms with Crippen molar-refractivity contribution in [1.29, 1.82) is 0 Å². The second-order valence-electron chi connectivity index (χ2n) is 6.53. The highest BCUT2D eigenvalue weighted by molar-refractivity contribution is 5.91. The zero-order valence-corrected chi connectivity index (χ0v) is 12.5. The Bertz CT molecular complexity index is 514. The number of hydrogen-bond donors (Lipinski definition) is 1. The molecule has 108 valence electrons. The second-order valence-corrected chi connectivity index (χ2v) is 6.53. The van der Waals surface area contributed by atoms with Crippen LogP contribution in [0, 0.1) is 5.41 Å². The van der Waals surface area contributed by atoms with Crippen LogP contribution in [0.4, 0.5) is 0 Å². The average molecular weight is 273 g/mol. The molecule has 0 heterocycles. The summed E-state index contributed by atoms with van der Waals surface area (Å²) in [7, 11) is 0. The van der Waals surface area contributed by atoms with Crippen LogP contribution in [0.25, 0.3) is 0 Å². The first-order valence-corrected chi connectivity index (χ1v) is 7.28. The van der Waals surface area contributed by atoms with E-state index in [2.05, 4.69) is 11.4 Å². The molecule has 2 rings (SSSR count). The SMILES string of the molecule is CC(C)(C)C(=O)CNC(=O)C1CCCc2ccccc21. The molecule has 0 aliphatic heterocycles. The van der Waals surface area contributed by atoms with Crippen LogP contribution in [0.1, 0.15) is 50.7 Å². The Morgan fingerprint density at radius 2 is 1.95 bits per heavy atom. The van der Waals surface area contributed by atoms with Crippen molar-refractivity contribution < 1.29 is 9.59 Å². The highest BCUT2D eigenvalue weighted by Crippen LogP contribution is 2.31. The van der Waals surface area contributed by atoms with Crippen molar-refractivity contribution in [2.45, 2.75) is 46.0 Å². The number of fused-ring (bicyclic) bond motifs is 1. The van der Waals surface area contributed by atoms with Gasteiger partial charge in [0.05, 0.1) is 12.5 Å². The molecule has 0 radical (unpaired) electrons. The Kier molecular flexibility index (Phi) is 4.26. The maximum atomic E-state index is 12.3. The van der Waals surface area contributed by atoms with Crippen molar-refractivity contribution in [3.63, 3.8) is 0 Å². The molecular weight excluding hydrogens is 250 g/mol. The first-order valence-electron chi connectivity index (χ1n) is 7.28. The van der Waals surface area contributed by atoms with Crippen molar-refractivity contribution in [3.05, 3.63) is 35.4 Å². The van der Waals surface area contributed by atoms with Gasteiger partial charge in [-0.3, -0.25) is 9.59 Å². The lowest BCUT2D eigenvalue weighted by Gasteiger charge is -2.25. The molecule has 20 heavy (non-hydrogen) atoms. The molecule has 1 aromatic carbocycles. The van der Waals surface area contributed by atoms with Crippen LogP contribution in [0.15, 0.2) is 24.3 Å². The molecule has 0 bridgehead atoms. The number of aryl methyl sites for hydroxylation is 1. The van der Waals surface area contributed by atoms with Gasteiger partial charge in [-0.1, -0.05) is 45.0 Å². The summed E-state index contributed by atoms with van der Waals surface area (Å²) in [4.78, 5) is 24.2. The summed E-state index contributed by atoms with van der Waals surface area (Å²) < 4.78 is 0. The number of nitrogens with one attached hydrogen (secondary N) is 1. The highest BCUT2D eigenvalue weighted by atomic mass is 16.2. The standard InChI is InChI=1S/C17H23NO2/c1-17(2,3)15(19)11-18-16(20)14-10-6-8-12-7-4-5-9-13(12)14/h4-5,7,9,14H,6,8,10-11H2,1-3H3,(H,18,20). The molecule has 3 heteroatoms. The van der Waals surface area contributed by atoms with E-state index < -0.39 is 5.41 Å². The van der Waals surface area contributed by atoms with Crippen LogP contribution in [-0.4, -0.2) is 18.2 Å². The molecule has 1 unspecified atom stereocenters. The van der Waals surface area contributed by atoms with Gasteiger partial charge in [0, 0.05) is 5.41 Å². The Labute approximate surface area is 120 Å². The topological polar surface area (TPSA) is 46.2 Å². The summed E-state index contributed by atoms with van der Waals surface area (Å²) in [5, 5.41) is 2.81. The molecule has 0 saturated heterocycles. The Morgan fingerprint density at radius 3 is 2.65 bits per heavy atom. The normalized spacial score (nSPS) is 18.2. The zero-order valence-electron chi connectivity index (χ0n) is 12.5. The van der Waals surface area contributed by atoms with Gasteiger partial charge in [-0.2, -0.15) is 0 Å². The van der Waals surface area contributed by atoms with Crippen molar-refractivity contribution in [2.24, 2.45) is 5.41 Å². The van der Waals surface area contributed by atoms with E-state index in [1.807, 2.05) is 39.0 Å². The second kappa shape index (κ2) is 5.78. The molecule has 0 saturated carbocycles. The average Bonchev–Trinajstić information content (AvgIpc) is 2.42. The minimum absolute atomic E-state index is 0.0187. The number of carbonyl (C=O) groups is 2. The molecule has 1 aromatic rings. The Balaban J connectivity index is 2.03. The summed E-state index contributed by atoms with van der Waals surface area (Å²) in [6.45, 7) is 5.74. The molecular formula is C17H23NO2. The molecule has 1 aliphatic carbocycles. The maximum Gasteiger partial charge on any atom is 0.227 e. The van der Waals surface area contributed by atoms with Gasteiger partial charge in [0.2, 0.25) is 5.91 Å². The number of ketones is 1. The van der Waals surface area contributed by atoms with Crippen LogP contribution in [0.2, 0.25) is 0 Å². The van der Waals surface area contributed by atoms with E-state index in [4.69, 9.17) is 0 Å². The predicted octanol–water partition coefficient (Wildman–Crippen LogP) is 2.84. The highest BCUT2D eigenvalue weighted by Gasteiger charge is 2.27. The van der Waals surface area contributed by atoms with E-state index in [9.17, 15) is 9.59 Å². The van der Waals surface area contributed by atoms with Gasteiger partial charge in [-0.15, -0.1) is 0 Å².